The topological polar surface area (TPSA) is 20.3 Å². The summed E-state index contributed by atoms with van der Waals surface area (Å²) in [4.78, 5) is 14.1. The van der Waals surface area contributed by atoms with E-state index in [1.807, 2.05) is 6.07 Å². The second-order valence-corrected chi connectivity index (χ2v) is 5.48. The molecule has 2 nitrogen and oxygen atoms in total. The maximum Gasteiger partial charge on any atom is 0.258 e. The van der Waals surface area contributed by atoms with Gasteiger partial charge in [0.15, 0.2) is 0 Å². The van der Waals surface area contributed by atoms with Crippen LogP contribution >= 0.6 is 0 Å². The summed E-state index contributed by atoms with van der Waals surface area (Å²) in [5, 5.41) is 0. The summed E-state index contributed by atoms with van der Waals surface area (Å²) in [6.07, 6.45) is 3.90. The number of hydrogen-bond donors (Lipinski definition) is 0. The summed E-state index contributed by atoms with van der Waals surface area (Å²) in [6, 6.07) is 12.1. The van der Waals surface area contributed by atoms with Crippen molar-refractivity contribution >= 4 is 11.6 Å². The van der Waals surface area contributed by atoms with Gasteiger partial charge < -0.3 is 4.90 Å². The van der Waals surface area contributed by atoms with Crippen molar-refractivity contribution in [3.05, 3.63) is 65.7 Å². The maximum absolute atomic E-state index is 14.1. The van der Waals surface area contributed by atoms with Gasteiger partial charge in [0.1, 0.15) is 11.6 Å². The Bertz CT molecular complexity index is 649. The normalized spacial score (nSPS) is 10.1. The van der Waals surface area contributed by atoms with Crippen LogP contribution in [0.4, 0.5) is 14.5 Å². The average molecular weight is 365 g/mol. The van der Waals surface area contributed by atoms with Crippen LogP contribution in [0.15, 0.2) is 48.5 Å². The van der Waals surface area contributed by atoms with Crippen molar-refractivity contribution in [2.75, 3.05) is 11.4 Å². The van der Waals surface area contributed by atoms with E-state index in [1.54, 1.807) is 24.3 Å². The molecule has 0 aromatic heterocycles. The Labute approximate surface area is 156 Å². The number of unbranched alkanes of at least 4 members (excludes halogenated alkanes) is 3. The van der Waals surface area contributed by atoms with Gasteiger partial charge in [-0.1, -0.05) is 44.4 Å². The zero-order valence-electron chi connectivity index (χ0n) is 13.8. The van der Waals surface area contributed by atoms with Gasteiger partial charge in [-0.05, 0) is 30.7 Å². The molecule has 0 aliphatic rings. The van der Waals surface area contributed by atoms with Crippen molar-refractivity contribution in [3.63, 3.8) is 0 Å². The molecule has 1 amide bonds. The standard InChI is InChI=1S/C19H21F2NO.Ti/c1-2-3-4-8-13-22(18-12-11-16(20)14-17(18)21)19(23)15-9-6-5-7-10-15;/h5-7,9-12,14H,2-4,8,13H2,1H3;. The number of amides is 1. The van der Waals surface area contributed by atoms with E-state index in [1.165, 1.54) is 17.0 Å². The van der Waals surface area contributed by atoms with E-state index in [9.17, 15) is 13.6 Å². The number of anilines is 1. The molecule has 2 aromatic rings. The van der Waals surface area contributed by atoms with Gasteiger partial charge in [0.05, 0.1) is 5.69 Å². The molecular formula is C19H21F2NOTi. The van der Waals surface area contributed by atoms with E-state index in [4.69, 9.17) is 0 Å². The van der Waals surface area contributed by atoms with Crippen molar-refractivity contribution in [2.45, 2.75) is 32.6 Å². The number of nitrogens with zero attached hydrogens (tertiary/aromatic N) is 1. The number of hydrogen-bond acceptors (Lipinski definition) is 1. The van der Waals surface area contributed by atoms with Gasteiger partial charge in [0.2, 0.25) is 0 Å². The minimum Gasteiger partial charge on any atom is -0.306 e. The fourth-order valence-corrected chi connectivity index (χ4v) is 2.46. The molecule has 0 atom stereocenters. The van der Waals surface area contributed by atoms with Crippen LogP contribution in [0.1, 0.15) is 43.0 Å². The van der Waals surface area contributed by atoms with Crippen LogP contribution in [-0.4, -0.2) is 12.5 Å². The first kappa shape index (κ1) is 20.5. The largest absolute Gasteiger partial charge is 0.306 e. The number of rotatable bonds is 7. The smallest absolute Gasteiger partial charge is 0.258 e. The minimum atomic E-state index is -0.718. The van der Waals surface area contributed by atoms with Gasteiger partial charge in [0, 0.05) is 39.9 Å². The number of carbonyl (C=O) groups is 1. The Kier molecular flexibility index (Phi) is 8.87. The zero-order valence-corrected chi connectivity index (χ0v) is 15.3. The molecule has 0 aliphatic heterocycles. The molecule has 126 valence electrons. The monoisotopic (exact) mass is 365 g/mol. The van der Waals surface area contributed by atoms with E-state index in [0.717, 1.165) is 31.7 Å². The fourth-order valence-electron chi connectivity index (χ4n) is 2.46. The van der Waals surface area contributed by atoms with Gasteiger partial charge >= 0.3 is 0 Å². The second kappa shape index (κ2) is 10.4. The predicted octanol–water partition coefficient (Wildman–Crippen LogP) is 5.19. The molecule has 0 bridgehead atoms. The molecule has 0 spiro atoms. The van der Waals surface area contributed by atoms with Crippen LogP contribution in [0.25, 0.3) is 0 Å². The summed E-state index contributed by atoms with van der Waals surface area (Å²) in [5.41, 5.74) is 0.614. The fraction of sp³-hybridized carbons (Fsp3) is 0.316. The molecule has 0 radical (unpaired) electrons. The van der Waals surface area contributed by atoms with Crippen molar-refractivity contribution < 1.29 is 35.3 Å². The maximum atomic E-state index is 14.1. The quantitative estimate of drug-likeness (QED) is 0.489. The van der Waals surface area contributed by atoms with Crippen molar-refractivity contribution in [3.8, 4) is 0 Å². The van der Waals surface area contributed by atoms with Crippen LogP contribution in [-0.2, 0) is 21.7 Å². The van der Waals surface area contributed by atoms with E-state index in [-0.39, 0.29) is 33.3 Å². The Morgan fingerprint density at radius 2 is 1.71 bits per heavy atom. The van der Waals surface area contributed by atoms with Gasteiger partial charge in [-0.15, -0.1) is 0 Å². The molecule has 2 rings (SSSR count). The summed E-state index contributed by atoms with van der Waals surface area (Å²) >= 11 is 0. The van der Waals surface area contributed by atoms with Crippen LogP contribution in [0.5, 0.6) is 0 Å². The molecule has 2 aromatic carbocycles. The van der Waals surface area contributed by atoms with Crippen LogP contribution in [0.3, 0.4) is 0 Å². The van der Waals surface area contributed by atoms with Gasteiger partial charge in [0.25, 0.3) is 5.91 Å². The summed E-state index contributed by atoms with van der Waals surface area (Å²) in [5.74, 6) is -1.64. The van der Waals surface area contributed by atoms with Crippen molar-refractivity contribution in [2.24, 2.45) is 0 Å². The average Bonchev–Trinajstić information content (AvgIpc) is 2.56. The van der Waals surface area contributed by atoms with Gasteiger partial charge in [-0.3, -0.25) is 4.79 Å². The Morgan fingerprint density at radius 1 is 1.00 bits per heavy atom. The zero-order chi connectivity index (χ0) is 16.7. The van der Waals surface area contributed by atoms with Crippen LogP contribution < -0.4 is 4.90 Å². The molecule has 0 saturated carbocycles. The Hall–Kier alpha value is -1.52. The molecule has 0 fully saturated rings. The number of halogens is 2. The summed E-state index contributed by atoms with van der Waals surface area (Å²) in [7, 11) is 0. The molecule has 0 unspecified atom stereocenters. The van der Waals surface area contributed by atoms with E-state index >= 15 is 0 Å². The Morgan fingerprint density at radius 3 is 2.33 bits per heavy atom. The predicted molar refractivity (Wildman–Crippen MR) is 88.6 cm³/mol. The van der Waals surface area contributed by atoms with Crippen LogP contribution in [0.2, 0.25) is 0 Å². The molecule has 0 saturated heterocycles. The first-order valence-corrected chi connectivity index (χ1v) is 7.95. The molecule has 24 heavy (non-hydrogen) atoms. The third-order valence-electron chi connectivity index (χ3n) is 3.70. The first-order chi connectivity index (χ1) is 11.1. The molecule has 0 N–H and O–H groups in total. The summed E-state index contributed by atoms with van der Waals surface area (Å²) < 4.78 is 27.3. The first-order valence-electron chi connectivity index (χ1n) is 7.95. The second-order valence-electron chi connectivity index (χ2n) is 5.48. The van der Waals surface area contributed by atoms with Crippen molar-refractivity contribution in [1.82, 2.24) is 0 Å². The number of benzene rings is 2. The third-order valence-corrected chi connectivity index (χ3v) is 3.70. The Balaban J connectivity index is 0.00000288. The van der Waals surface area contributed by atoms with E-state index in [0.29, 0.717) is 12.1 Å². The molecule has 5 heteroatoms. The molecule has 0 aliphatic carbocycles. The summed E-state index contributed by atoms with van der Waals surface area (Å²) in [6.45, 7) is 2.52. The third kappa shape index (κ3) is 5.53. The molecular weight excluding hydrogens is 344 g/mol. The number of carbonyl (C=O) groups excluding carboxylic acids is 1. The van der Waals surface area contributed by atoms with Gasteiger partial charge in [-0.2, -0.15) is 0 Å². The molecule has 0 heterocycles. The van der Waals surface area contributed by atoms with Gasteiger partial charge in [-0.25, -0.2) is 8.78 Å². The minimum absolute atomic E-state index is 0. The van der Waals surface area contributed by atoms with Crippen LogP contribution in [0, 0.1) is 11.6 Å². The van der Waals surface area contributed by atoms with E-state index in [2.05, 4.69) is 6.92 Å². The van der Waals surface area contributed by atoms with E-state index < -0.39 is 11.6 Å². The SMILES string of the molecule is CCCCCCN(C(=O)c1ccccc1)c1ccc(F)cc1F.[Ti]. The van der Waals surface area contributed by atoms with Crippen molar-refractivity contribution in [1.29, 1.82) is 0 Å².